The highest BCUT2D eigenvalue weighted by atomic mass is 32.2. The number of benzene rings is 2. The Bertz CT molecular complexity index is 1020. The van der Waals surface area contributed by atoms with Gasteiger partial charge < -0.3 is 10.6 Å². The minimum atomic E-state index is -3.60. The smallest absolute Gasteiger partial charge is 0.313 e. The summed E-state index contributed by atoms with van der Waals surface area (Å²) in [5.74, 6) is -1.51. The first-order chi connectivity index (χ1) is 13.7. The van der Waals surface area contributed by atoms with Gasteiger partial charge in [-0.3, -0.25) is 9.59 Å². The number of anilines is 1. The lowest BCUT2D eigenvalue weighted by Gasteiger charge is -2.21. The summed E-state index contributed by atoms with van der Waals surface area (Å²) in [5.41, 5.74) is 2.57. The van der Waals surface area contributed by atoms with Gasteiger partial charge in [0.15, 0.2) is 0 Å². The maximum absolute atomic E-state index is 12.5. The molecule has 0 unspecified atom stereocenters. The molecule has 2 aromatic rings. The van der Waals surface area contributed by atoms with Crippen LogP contribution in [0.3, 0.4) is 0 Å². The van der Waals surface area contributed by atoms with Gasteiger partial charge in [0.25, 0.3) is 0 Å². The highest BCUT2D eigenvalue weighted by molar-refractivity contribution is 7.89. The minimum Gasteiger partial charge on any atom is -0.341 e. The molecule has 1 atom stereocenters. The molecule has 0 aromatic heterocycles. The standard InChI is InChI=1S/C21H25N3O4S/c1-14(2)24(3)29(27,28)17-11-9-16(10-12-17)22-20(25)21(26)23-19-13-8-15-6-4-5-7-18(15)19/h4-7,9-12,14,19H,8,13H2,1-3H3,(H,22,25)(H,23,26)/t19-/m1/s1. The number of aryl methyl sites for hydroxylation is 1. The number of nitrogens with zero attached hydrogens (tertiary/aromatic N) is 1. The van der Waals surface area contributed by atoms with Crippen molar-refractivity contribution >= 4 is 27.5 Å². The third-order valence-electron chi connectivity index (χ3n) is 5.16. The van der Waals surface area contributed by atoms with Crippen LogP contribution in [0.4, 0.5) is 5.69 Å². The molecule has 7 nitrogen and oxygen atoms in total. The maximum Gasteiger partial charge on any atom is 0.313 e. The number of hydrogen-bond acceptors (Lipinski definition) is 4. The first-order valence-corrected chi connectivity index (χ1v) is 10.9. The van der Waals surface area contributed by atoms with Crippen molar-refractivity contribution in [1.82, 2.24) is 9.62 Å². The summed E-state index contributed by atoms with van der Waals surface area (Å²) in [5, 5.41) is 5.28. The quantitative estimate of drug-likeness (QED) is 0.734. The summed E-state index contributed by atoms with van der Waals surface area (Å²) < 4.78 is 26.2. The van der Waals surface area contributed by atoms with Crippen molar-refractivity contribution in [2.24, 2.45) is 0 Å². The van der Waals surface area contributed by atoms with Gasteiger partial charge in [0, 0.05) is 18.8 Å². The topological polar surface area (TPSA) is 95.6 Å². The predicted octanol–water partition coefficient (Wildman–Crippen LogP) is 2.46. The predicted molar refractivity (Wildman–Crippen MR) is 111 cm³/mol. The summed E-state index contributed by atoms with van der Waals surface area (Å²) in [6.45, 7) is 3.57. The SMILES string of the molecule is CC(C)N(C)S(=O)(=O)c1ccc(NC(=O)C(=O)N[C@@H]2CCc3ccccc32)cc1. The molecule has 8 heteroatoms. The molecule has 3 rings (SSSR count). The molecule has 2 amide bonds. The fraction of sp³-hybridized carbons (Fsp3) is 0.333. The van der Waals surface area contributed by atoms with Gasteiger partial charge in [-0.05, 0) is 62.1 Å². The number of carbonyl (C=O) groups is 2. The lowest BCUT2D eigenvalue weighted by atomic mass is 10.1. The van der Waals surface area contributed by atoms with E-state index in [1.54, 1.807) is 13.8 Å². The number of sulfonamides is 1. The van der Waals surface area contributed by atoms with Gasteiger partial charge in [-0.25, -0.2) is 8.42 Å². The molecule has 0 spiro atoms. The molecule has 1 aliphatic rings. The van der Waals surface area contributed by atoms with Gasteiger partial charge in [-0.15, -0.1) is 0 Å². The van der Waals surface area contributed by atoms with Gasteiger partial charge in [0.1, 0.15) is 0 Å². The van der Waals surface area contributed by atoms with Crippen LogP contribution >= 0.6 is 0 Å². The van der Waals surface area contributed by atoms with Crippen LogP contribution in [-0.4, -0.2) is 37.6 Å². The molecule has 0 heterocycles. The lowest BCUT2D eigenvalue weighted by Crippen LogP contribution is -2.37. The van der Waals surface area contributed by atoms with E-state index in [1.807, 2.05) is 24.3 Å². The van der Waals surface area contributed by atoms with E-state index in [0.717, 1.165) is 18.4 Å². The molecule has 154 valence electrons. The Morgan fingerprint density at radius 1 is 1.03 bits per heavy atom. The maximum atomic E-state index is 12.5. The van der Waals surface area contributed by atoms with Crippen LogP contribution in [0.5, 0.6) is 0 Å². The van der Waals surface area contributed by atoms with E-state index >= 15 is 0 Å². The zero-order chi connectivity index (χ0) is 21.2. The zero-order valence-electron chi connectivity index (χ0n) is 16.7. The molecule has 0 aliphatic heterocycles. The summed E-state index contributed by atoms with van der Waals surface area (Å²) in [6.07, 6.45) is 1.62. The number of rotatable bonds is 5. The number of fused-ring (bicyclic) bond motifs is 1. The molecule has 2 N–H and O–H groups in total. The molecule has 1 aliphatic carbocycles. The van der Waals surface area contributed by atoms with Crippen LogP contribution in [0.15, 0.2) is 53.4 Å². The molecule has 29 heavy (non-hydrogen) atoms. The Kier molecular flexibility index (Phi) is 6.04. The fourth-order valence-corrected chi connectivity index (χ4v) is 4.64. The molecule has 0 bridgehead atoms. The fourth-order valence-electron chi connectivity index (χ4n) is 3.27. The second-order valence-corrected chi connectivity index (χ2v) is 9.35. The van der Waals surface area contributed by atoms with E-state index in [-0.39, 0.29) is 17.0 Å². The monoisotopic (exact) mass is 415 g/mol. The van der Waals surface area contributed by atoms with Crippen LogP contribution < -0.4 is 10.6 Å². The van der Waals surface area contributed by atoms with Gasteiger partial charge in [0.05, 0.1) is 10.9 Å². The van der Waals surface area contributed by atoms with Crippen molar-refractivity contribution in [2.75, 3.05) is 12.4 Å². The first kappa shape index (κ1) is 21.0. The number of nitrogens with one attached hydrogen (secondary N) is 2. The summed E-state index contributed by atoms with van der Waals surface area (Å²) >= 11 is 0. The number of carbonyl (C=O) groups excluding carboxylic acids is 2. The normalized spacial score (nSPS) is 16.0. The number of amides is 2. The van der Waals surface area contributed by atoms with E-state index in [1.165, 1.54) is 41.2 Å². The Labute approximate surface area is 171 Å². The molecule has 0 saturated heterocycles. The largest absolute Gasteiger partial charge is 0.341 e. The van der Waals surface area contributed by atoms with Crippen LogP contribution in [0.1, 0.15) is 37.4 Å². The van der Waals surface area contributed by atoms with Gasteiger partial charge in [0.2, 0.25) is 10.0 Å². The summed E-state index contributed by atoms with van der Waals surface area (Å²) in [7, 11) is -2.09. The second-order valence-electron chi connectivity index (χ2n) is 7.36. The summed E-state index contributed by atoms with van der Waals surface area (Å²) in [4.78, 5) is 24.6. The highest BCUT2D eigenvalue weighted by Crippen LogP contribution is 2.30. The van der Waals surface area contributed by atoms with Gasteiger partial charge in [-0.2, -0.15) is 4.31 Å². The molecule has 0 saturated carbocycles. The average Bonchev–Trinajstić information content (AvgIpc) is 3.10. The Hall–Kier alpha value is -2.71. The van der Waals surface area contributed by atoms with Crippen molar-refractivity contribution < 1.29 is 18.0 Å². The van der Waals surface area contributed by atoms with Crippen LogP contribution in [-0.2, 0) is 26.0 Å². The van der Waals surface area contributed by atoms with E-state index in [0.29, 0.717) is 5.69 Å². The van der Waals surface area contributed by atoms with Crippen LogP contribution in [0.2, 0.25) is 0 Å². The zero-order valence-corrected chi connectivity index (χ0v) is 17.5. The van der Waals surface area contributed by atoms with Crippen LogP contribution in [0, 0.1) is 0 Å². The highest BCUT2D eigenvalue weighted by Gasteiger charge is 2.26. The van der Waals surface area contributed by atoms with E-state index in [9.17, 15) is 18.0 Å². The molecule has 0 radical (unpaired) electrons. The van der Waals surface area contributed by atoms with Crippen molar-refractivity contribution in [3.8, 4) is 0 Å². The third kappa shape index (κ3) is 4.49. The Morgan fingerprint density at radius 3 is 2.34 bits per heavy atom. The average molecular weight is 416 g/mol. The lowest BCUT2D eigenvalue weighted by molar-refractivity contribution is -0.136. The molecule has 2 aromatic carbocycles. The Balaban J connectivity index is 1.63. The second kappa shape index (κ2) is 8.34. The van der Waals surface area contributed by atoms with Crippen molar-refractivity contribution in [2.45, 2.75) is 43.7 Å². The van der Waals surface area contributed by atoms with Crippen molar-refractivity contribution in [3.05, 3.63) is 59.7 Å². The molecular formula is C21H25N3O4S. The minimum absolute atomic E-state index is 0.124. The Morgan fingerprint density at radius 2 is 1.69 bits per heavy atom. The molecular weight excluding hydrogens is 390 g/mol. The van der Waals surface area contributed by atoms with Crippen LogP contribution in [0.25, 0.3) is 0 Å². The van der Waals surface area contributed by atoms with Gasteiger partial charge >= 0.3 is 11.8 Å². The van der Waals surface area contributed by atoms with Gasteiger partial charge in [-0.1, -0.05) is 24.3 Å². The van der Waals surface area contributed by atoms with Crippen molar-refractivity contribution in [1.29, 1.82) is 0 Å². The van der Waals surface area contributed by atoms with E-state index in [2.05, 4.69) is 10.6 Å². The molecule has 0 fully saturated rings. The van der Waals surface area contributed by atoms with E-state index in [4.69, 9.17) is 0 Å². The van der Waals surface area contributed by atoms with E-state index < -0.39 is 21.8 Å². The van der Waals surface area contributed by atoms with Crippen molar-refractivity contribution in [3.63, 3.8) is 0 Å². The number of hydrogen-bond donors (Lipinski definition) is 2. The first-order valence-electron chi connectivity index (χ1n) is 9.48. The summed E-state index contributed by atoms with van der Waals surface area (Å²) in [6, 6.07) is 13.3. The third-order valence-corrected chi connectivity index (χ3v) is 7.21.